The van der Waals surface area contributed by atoms with Gasteiger partial charge in [-0.2, -0.15) is 0 Å². The fourth-order valence-corrected chi connectivity index (χ4v) is 7.60. The number of ether oxygens (including phenoxy) is 1. The molecule has 13 heteroatoms. The quantitative estimate of drug-likeness (QED) is 0.146. The van der Waals surface area contributed by atoms with E-state index < -0.39 is 35.0 Å². The highest BCUT2D eigenvalue weighted by molar-refractivity contribution is 5.95. The van der Waals surface area contributed by atoms with Crippen LogP contribution in [0.2, 0.25) is 0 Å². The number of Topliss-reactive ketones (excluding diaryl/α,β-unsaturated/α-hetero) is 2. The molecule has 1 aliphatic carbocycles. The van der Waals surface area contributed by atoms with Crippen molar-refractivity contribution in [3.8, 4) is 11.4 Å². The standard InChI is InChI=1S/C40H47N5O8/c1-4-24(37(50)44-31(23(3)46)14-16-35(49)42-27-10-8-11-27)13-15-34(48)41-20-28(47)19-40(5-2)30-18-33-36-26(17-25-9-6-7-12-32(25)43-36)21-45(33)38(51)29(30)22-53-39(40)52/h6-7,9,12,17-18,24,27,31H,4-5,8,10-11,13-16,19-22H2,1-3H3,(H,41,48)(H,42,49)(H,44,50)/t24?,31?,40-/m0/s1. The predicted octanol–water partition coefficient (Wildman–Crippen LogP) is 3.53. The molecule has 13 nitrogen and oxygen atoms in total. The Labute approximate surface area is 307 Å². The van der Waals surface area contributed by atoms with Crippen molar-refractivity contribution >= 4 is 46.2 Å². The van der Waals surface area contributed by atoms with Crippen LogP contribution in [0.1, 0.15) is 102 Å². The number of pyridine rings is 2. The monoisotopic (exact) mass is 725 g/mol. The topological polar surface area (TPSA) is 183 Å². The molecule has 0 bridgehead atoms. The first-order valence-corrected chi connectivity index (χ1v) is 18.7. The molecule has 6 rings (SSSR count). The Morgan fingerprint density at radius 3 is 2.47 bits per heavy atom. The molecule has 53 heavy (non-hydrogen) atoms. The van der Waals surface area contributed by atoms with E-state index in [0.29, 0.717) is 35.5 Å². The van der Waals surface area contributed by atoms with Gasteiger partial charge in [-0.05, 0) is 75.6 Å². The molecule has 2 aliphatic heterocycles. The number of fused-ring (bicyclic) bond motifs is 5. The third-order valence-corrected chi connectivity index (χ3v) is 11.1. The minimum absolute atomic E-state index is 0.0402. The fourth-order valence-electron chi connectivity index (χ4n) is 7.60. The second kappa shape index (κ2) is 15.8. The third kappa shape index (κ3) is 7.79. The largest absolute Gasteiger partial charge is 0.460 e. The number of nitrogens with one attached hydrogen (secondary N) is 3. The van der Waals surface area contributed by atoms with Crippen molar-refractivity contribution in [1.29, 1.82) is 0 Å². The zero-order valence-electron chi connectivity index (χ0n) is 30.5. The normalized spacial score (nSPS) is 18.4. The summed E-state index contributed by atoms with van der Waals surface area (Å²) in [6.45, 7) is 4.75. The number of aromatic nitrogens is 2. The van der Waals surface area contributed by atoms with E-state index >= 15 is 0 Å². The fraction of sp³-hybridized carbons (Fsp3) is 0.500. The zero-order chi connectivity index (χ0) is 37.9. The summed E-state index contributed by atoms with van der Waals surface area (Å²) in [5.74, 6) is -2.77. The highest BCUT2D eigenvalue weighted by Crippen LogP contribution is 2.42. The Morgan fingerprint density at radius 1 is 1.02 bits per heavy atom. The lowest BCUT2D eigenvalue weighted by molar-refractivity contribution is -0.156. The van der Waals surface area contributed by atoms with Gasteiger partial charge in [0.25, 0.3) is 5.56 Å². The SMILES string of the molecule is CCC(CCC(=O)NCC(=O)C[C@]1(CC)C(=O)OCc2c1cc1n(c2=O)Cc2cc3ccccc3nc2-1)C(=O)NC(CCC(=O)NC1CCC1)C(C)=O. The van der Waals surface area contributed by atoms with E-state index in [4.69, 9.17) is 9.72 Å². The molecule has 3 aliphatic rings. The van der Waals surface area contributed by atoms with Crippen LogP contribution >= 0.6 is 0 Å². The smallest absolute Gasteiger partial charge is 0.317 e. The first-order chi connectivity index (χ1) is 25.4. The van der Waals surface area contributed by atoms with Gasteiger partial charge < -0.3 is 25.3 Å². The molecule has 3 aromatic rings. The maximum atomic E-state index is 13.8. The van der Waals surface area contributed by atoms with Crippen LogP contribution in [0.25, 0.3) is 22.3 Å². The summed E-state index contributed by atoms with van der Waals surface area (Å²) in [5.41, 5.74) is 2.00. The minimum Gasteiger partial charge on any atom is -0.460 e. The zero-order valence-corrected chi connectivity index (χ0v) is 30.5. The Morgan fingerprint density at radius 2 is 1.77 bits per heavy atom. The number of hydrogen-bond acceptors (Lipinski definition) is 9. The van der Waals surface area contributed by atoms with E-state index in [1.807, 2.05) is 37.3 Å². The number of hydrogen-bond donors (Lipinski definition) is 3. The average Bonchev–Trinajstić information content (AvgIpc) is 3.48. The van der Waals surface area contributed by atoms with Gasteiger partial charge in [-0.1, -0.05) is 32.0 Å². The lowest BCUT2D eigenvalue weighted by Crippen LogP contribution is -2.47. The molecule has 2 unspecified atom stereocenters. The van der Waals surface area contributed by atoms with E-state index in [9.17, 15) is 33.6 Å². The second-order valence-electron chi connectivity index (χ2n) is 14.6. The molecule has 0 radical (unpaired) electrons. The van der Waals surface area contributed by atoms with Gasteiger partial charge in [0.05, 0.1) is 41.6 Å². The highest BCUT2D eigenvalue weighted by Gasteiger charge is 2.48. The van der Waals surface area contributed by atoms with E-state index in [-0.39, 0.29) is 80.9 Å². The van der Waals surface area contributed by atoms with Gasteiger partial charge in [-0.3, -0.25) is 33.6 Å². The second-order valence-corrected chi connectivity index (χ2v) is 14.6. The molecule has 4 heterocycles. The highest BCUT2D eigenvalue weighted by atomic mass is 16.5. The van der Waals surface area contributed by atoms with Crippen LogP contribution in [-0.4, -0.2) is 63.4 Å². The number of rotatable bonds is 16. The van der Waals surface area contributed by atoms with E-state index in [1.54, 1.807) is 17.6 Å². The molecular weight excluding hydrogens is 678 g/mol. The molecule has 0 saturated heterocycles. The number of benzene rings is 1. The van der Waals surface area contributed by atoms with Crippen LogP contribution in [0.5, 0.6) is 0 Å². The maximum Gasteiger partial charge on any atom is 0.317 e. The summed E-state index contributed by atoms with van der Waals surface area (Å²) >= 11 is 0. The van der Waals surface area contributed by atoms with Crippen LogP contribution in [0.15, 0.2) is 41.2 Å². The van der Waals surface area contributed by atoms with Crippen LogP contribution < -0.4 is 21.5 Å². The molecule has 3 atom stereocenters. The third-order valence-electron chi connectivity index (χ3n) is 11.1. The van der Waals surface area contributed by atoms with Crippen molar-refractivity contribution < 1.29 is 33.5 Å². The van der Waals surface area contributed by atoms with Gasteiger partial charge in [-0.15, -0.1) is 0 Å². The van der Waals surface area contributed by atoms with Crippen LogP contribution in [0, 0.1) is 5.92 Å². The van der Waals surface area contributed by atoms with Gasteiger partial charge >= 0.3 is 5.97 Å². The molecule has 0 spiro atoms. The van der Waals surface area contributed by atoms with Gasteiger partial charge in [0.1, 0.15) is 12.0 Å². The summed E-state index contributed by atoms with van der Waals surface area (Å²) < 4.78 is 7.16. The van der Waals surface area contributed by atoms with Crippen molar-refractivity contribution in [3.05, 3.63) is 63.4 Å². The predicted molar refractivity (Wildman–Crippen MR) is 196 cm³/mol. The molecule has 1 aromatic carbocycles. The minimum atomic E-state index is -1.42. The number of carbonyl (C=O) groups is 6. The summed E-state index contributed by atoms with van der Waals surface area (Å²) in [6, 6.07) is 10.9. The summed E-state index contributed by atoms with van der Waals surface area (Å²) in [6.07, 6.45) is 3.80. The Bertz CT molecular complexity index is 2030. The van der Waals surface area contributed by atoms with Crippen molar-refractivity contribution in [2.24, 2.45) is 5.92 Å². The number of nitrogens with zero attached hydrogens (tertiary/aromatic N) is 2. The Hall–Kier alpha value is -5.20. The van der Waals surface area contributed by atoms with Gasteiger partial charge in [0, 0.05) is 42.2 Å². The van der Waals surface area contributed by atoms with E-state index in [2.05, 4.69) is 16.0 Å². The summed E-state index contributed by atoms with van der Waals surface area (Å²) in [5, 5.41) is 9.27. The lowest BCUT2D eigenvalue weighted by atomic mass is 9.71. The first-order valence-electron chi connectivity index (χ1n) is 18.7. The molecule has 3 N–H and O–H groups in total. The number of ketones is 2. The van der Waals surface area contributed by atoms with Crippen LogP contribution in [0.4, 0.5) is 0 Å². The van der Waals surface area contributed by atoms with Gasteiger partial charge in [0.15, 0.2) is 11.6 Å². The van der Waals surface area contributed by atoms with E-state index in [0.717, 1.165) is 35.7 Å². The van der Waals surface area contributed by atoms with E-state index in [1.165, 1.54) is 6.92 Å². The molecule has 2 aromatic heterocycles. The van der Waals surface area contributed by atoms with Gasteiger partial charge in [-0.25, -0.2) is 4.98 Å². The molecule has 1 saturated carbocycles. The van der Waals surface area contributed by atoms with Crippen molar-refractivity contribution in [2.75, 3.05) is 6.54 Å². The van der Waals surface area contributed by atoms with Crippen molar-refractivity contribution in [1.82, 2.24) is 25.5 Å². The average molecular weight is 726 g/mol. The van der Waals surface area contributed by atoms with Crippen LogP contribution in [-0.2, 0) is 52.1 Å². The van der Waals surface area contributed by atoms with Gasteiger partial charge in [0.2, 0.25) is 17.7 Å². The number of amides is 3. The summed E-state index contributed by atoms with van der Waals surface area (Å²) in [7, 11) is 0. The molecule has 1 fully saturated rings. The molecule has 3 amide bonds. The Kier molecular flexibility index (Phi) is 11.2. The number of esters is 1. The molecular formula is C40H47N5O8. The first kappa shape index (κ1) is 37.6. The maximum absolute atomic E-state index is 13.8. The number of cyclic esters (lactones) is 1. The van der Waals surface area contributed by atoms with Crippen LogP contribution in [0.3, 0.4) is 0 Å². The Balaban J connectivity index is 1.07. The van der Waals surface area contributed by atoms with Crippen molar-refractivity contribution in [3.63, 3.8) is 0 Å². The molecule has 280 valence electrons. The number of para-hydroxylation sites is 1. The number of carbonyl (C=O) groups excluding carboxylic acids is 6. The summed E-state index contributed by atoms with van der Waals surface area (Å²) in [4.78, 5) is 96.0. The van der Waals surface area contributed by atoms with Crippen molar-refractivity contribution in [2.45, 2.75) is 116 Å². The lowest BCUT2D eigenvalue weighted by Gasteiger charge is -2.36.